The van der Waals surface area contributed by atoms with Crippen LogP contribution in [0.5, 0.6) is 0 Å². The van der Waals surface area contributed by atoms with E-state index < -0.39 is 0 Å². The van der Waals surface area contributed by atoms with Crippen molar-refractivity contribution in [3.8, 4) is 0 Å². The summed E-state index contributed by atoms with van der Waals surface area (Å²) in [5, 5.41) is 9.27. The lowest BCUT2D eigenvalue weighted by Gasteiger charge is -2.23. The zero-order valence-corrected chi connectivity index (χ0v) is 13.4. The summed E-state index contributed by atoms with van der Waals surface area (Å²) in [7, 11) is 0. The van der Waals surface area contributed by atoms with Crippen LogP contribution in [-0.2, 0) is 9.59 Å². The second-order valence-corrected chi connectivity index (χ2v) is 6.53. The van der Waals surface area contributed by atoms with Gasteiger partial charge in [0.25, 0.3) is 0 Å². The molecule has 0 bridgehead atoms. The molecule has 0 aromatic heterocycles. The summed E-state index contributed by atoms with van der Waals surface area (Å²) in [6.45, 7) is 3.28. The molecule has 1 aromatic rings. The number of benzene rings is 1. The maximum Gasteiger partial charge on any atom is 0.234 e. The third-order valence-electron chi connectivity index (χ3n) is 4.89. The Balaban J connectivity index is 1.48. The number of imide groups is 1. The van der Waals surface area contributed by atoms with E-state index in [1.54, 1.807) is 0 Å². The predicted octanol–water partition coefficient (Wildman–Crippen LogP) is 2.01. The van der Waals surface area contributed by atoms with Gasteiger partial charge in [0.2, 0.25) is 11.8 Å². The van der Waals surface area contributed by atoms with Crippen LogP contribution in [0, 0.1) is 5.92 Å². The van der Waals surface area contributed by atoms with E-state index in [1.165, 1.54) is 19.3 Å². The molecule has 2 aliphatic rings. The summed E-state index contributed by atoms with van der Waals surface area (Å²) in [6, 6.07) is 8.04. The quantitative estimate of drug-likeness (QED) is 0.727. The summed E-state index contributed by atoms with van der Waals surface area (Å²) >= 11 is 0. The highest BCUT2D eigenvalue weighted by Gasteiger charge is 2.27. The maximum atomic E-state index is 11.9. The van der Waals surface area contributed by atoms with Crippen LogP contribution in [0.15, 0.2) is 24.3 Å². The van der Waals surface area contributed by atoms with E-state index in [-0.39, 0.29) is 17.7 Å². The zero-order chi connectivity index (χ0) is 16.1. The molecule has 124 valence electrons. The van der Waals surface area contributed by atoms with E-state index in [4.69, 9.17) is 0 Å². The molecule has 5 heteroatoms. The average Bonchev–Trinajstić information content (AvgIpc) is 2.57. The van der Waals surface area contributed by atoms with Crippen LogP contribution in [0.25, 0.3) is 0 Å². The highest BCUT2D eigenvalue weighted by Crippen LogP contribution is 2.26. The molecule has 3 rings (SSSR count). The molecule has 2 amide bonds. The fourth-order valence-corrected chi connectivity index (χ4v) is 3.44. The van der Waals surface area contributed by atoms with Crippen LogP contribution >= 0.6 is 0 Å². The van der Waals surface area contributed by atoms with Crippen molar-refractivity contribution < 1.29 is 9.59 Å². The average molecular weight is 315 g/mol. The second kappa shape index (κ2) is 7.59. The SMILES string of the molecule is O=C1CCC(c2ccc(NCCC3CCNCC3)cc2)C(=O)N1. The Bertz CT molecular complexity index is 550. The maximum absolute atomic E-state index is 11.9. The van der Waals surface area contributed by atoms with Gasteiger partial charge >= 0.3 is 0 Å². The van der Waals surface area contributed by atoms with Crippen LogP contribution in [0.2, 0.25) is 0 Å². The van der Waals surface area contributed by atoms with Gasteiger partial charge in [0, 0.05) is 18.7 Å². The Kier molecular flexibility index (Phi) is 5.28. The van der Waals surface area contributed by atoms with E-state index in [0.29, 0.717) is 12.8 Å². The van der Waals surface area contributed by atoms with Crippen molar-refractivity contribution in [3.05, 3.63) is 29.8 Å². The van der Waals surface area contributed by atoms with E-state index in [9.17, 15) is 9.59 Å². The molecular weight excluding hydrogens is 290 g/mol. The van der Waals surface area contributed by atoms with E-state index >= 15 is 0 Å². The Labute approximate surface area is 137 Å². The molecule has 1 aromatic carbocycles. The van der Waals surface area contributed by atoms with Gasteiger partial charge in [-0.1, -0.05) is 12.1 Å². The van der Waals surface area contributed by atoms with E-state index in [0.717, 1.165) is 36.8 Å². The monoisotopic (exact) mass is 315 g/mol. The summed E-state index contributed by atoms with van der Waals surface area (Å²) in [5.74, 6) is 0.290. The highest BCUT2D eigenvalue weighted by molar-refractivity contribution is 6.00. The van der Waals surface area contributed by atoms with Gasteiger partial charge in [-0.2, -0.15) is 0 Å². The lowest BCUT2D eigenvalue weighted by Crippen LogP contribution is -2.39. The van der Waals surface area contributed by atoms with Gasteiger partial charge in [-0.05, 0) is 62.4 Å². The van der Waals surface area contributed by atoms with Crippen molar-refractivity contribution in [2.45, 2.75) is 38.0 Å². The zero-order valence-electron chi connectivity index (χ0n) is 13.4. The minimum Gasteiger partial charge on any atom is -0.385 e. The lowest BCUT2D eigenvalue weighted by molar-refractivity contribution is -0.134. The molecule has 23 heavy (non-hydrogen) atoms. The van der Waals surface area contributed by atoms with Gasteiger partial charge in [-0.15, -0.1) is 0 Å². The van der Waals surface area contributed by atoms with Crippen molar-refractivity contribution in [1.82, 2.24) is 10.6 Å². The van der Waals surface area contributed by atoms with Crippen molar-refractivity contribution in [3.63, 3.8) is 0 Å². The fourth-order valence-electron chi connectivity index (χ4n) is 3.44. The Morgan fingerprint density at radius 2 is 1.78 bits per heavy atom. The van der Waals surface area contributed by atoms with Crippen molar-refractivity contribution >= 4 is 17.5 Å². The molecule has 2 saturated heterocycles. The van der Waals surface area contributed by atoms with Crippen molar-refractivity contribution in [1.29, 1.82) is 0 Å². The molecule has 0 spiro atoms. The van der Waals surface area contributed by atoms with E-state index in [1.807, 2.05) is 24.3 Å². The number of piperidine rings is 2. The number of carbonyl (C=O) groups is 2. The number of nitrogens with one attached hydrogen (secondary N) is 3. The van der Waals surface area contributed by atoms with Crippen molar-refractivity contribution in [2.75, 3.05) is 25.0 Å². The predicted molar refractivity (Wildman–Crippen MR) is 90.3 cm³/mol. The molecular formula is C18H25N3O2. The first kappa shape index (κ1) is 16.0. The lowest BCUT2D eigenvalue weighted by atomic mass is 9.90. The molecule has 2 aliphatic heterocycles. The van der Waals surface area contributed by atoms with Gasteiger partial charge in [0.1, 0.15) is 0 Å². The van der Waals surface area contributed by atoms with Crippen molar-refractivity contribution in [2.24, 2.45) is 5.92 Å². The molecule has 0 saturated carbocycles. The first-order chi connectivity index (χ1) is 11.2. The molecule has 5 nitrogen and oxygen atoms in total. The number of amides is 2. The Hall–Kier alpha value is -1.88. The van der Waals surface area contributed by atoms with Gasteiger partial charge in [0.05, 0.1) is 5.92 Å². The topological polar surface area (TPSA) is 70.2 Å². The van der Waals surface area contributed by atoms with Crippen LogP contribution in [0.1, 0.15) is 43.6 Å². The largest absolute Gasteiger partial charge is 0.385 e. The fraction of sp³-hybridized carbons (Fsp3) is 0.556. The summed E-state index contributed by atoms with van der Waals surface area (Å²) in [6.07, 6.45) is 4.78. The second-order valence-electron chi connectivity index (χ2n) is 6.53. The number of rotatable bonds is 5. The first-order valence-electron chi connectivity index (χ1n) is 8.60. The third-order valence-corrected chi connectivity index (χ3v) is 4.89. The Morgan fingerprint density at radius 1 is 1.04 bits per heavy atom. The summed E-state index contributed by atoms with van der Waals surface area (Å²) in [4.78, 5) is 23.1. The number of hydrogen-bond donors (Lipinski definition) is 3. The summed E-state index contributed by atoms with van der Waals surface area (Å²) < 4.78 is 0. The molecule has 1 atom stereocenters. The number of carbonyl (C=O) groups excluding carboxylic acids is 2. The van der Waals surface area contributed by atoms with Crippen LogP contribution < -0.4 is 16.0 Å². The normalized spacial score (nSPS) is 22.7. The Morgan fingerprint density at radius 3 is 2.48 bits per heavy atom. The smallest absolute Gasteiger partial charge is 0.234 e. The van der Waals surface area contributed by atoms with Crippen LogP contribution in [0.4, 0.5) is 5.69 Å². The number of anilines is 1. The molecule has 2 heterocycles. The summed E-state index contributed by atoms with van der Waals surface area (Å²) in [5.41, 5.74) is 2.08. The van der Waals surface area contributed by atoms with Gasteiger partial charge < -0.3 is 10.6 Å². The third kappa shape index (κ3) is 4.32. The minimum absolute atomic E-state index is 0.164. The molecule has 3 N–H and O–H groups in total. The molecule has 0 aliphatic carbocycles. The first-order valence-corrected chi connectivity index (χ1v) is 8.60. The standard InChI is InChI=1S/C18H25N3O2/c22-17-6-5-16(18(23)21-17)14-1-3-15(4-2-14)20-12-9-13-7-10-19-11-8-13/h1-4,13,16,19-20H,5-12H2,(H,21,22,23). The van der Waals surface area contributed by atoms with Gasteiger partial charge in [0.15, 0.2) is 0 Å². The molecule has 0 radical (unpaired) electrons. The van der Waals surface area contributed by atoms with Crippen LogP contribution in [0.3, 0.4) is 0 Å². The minimum atomic E-state index is -0.198. The van der Waals surface area contributed by atoms with E-state index in [2.05, 4.69) is 16.0 Å². The van der Waals surface area contributed by atoms with Crippen LogP contribution in [-0.4, -0.2) is 31.4 Å². The molecule has 2 fully saturated rings. The highest BCUT2D eigenvalue weighted by atomic mass is 16.2. The van der Waals surface area contributed by atoms with Gasteiger partial charge in [-0.25, -0.2) is 0 Å². The number of hydrogen-bond acceptors (Lipinski definition) is 4. The van der Waals surface area contributed by atoms with Gasteiger partial charge in [-0.3, -0.25) is 14.9 Å². The molecule has 1 unspecified atom stereocenters.